The number of alkyl halides is 1. The molecule has 0 bridgehead atoms. The Bertz CT molecular complexity index is 366. The molecule has 0 fully saturated rings. The molecule has 0 saturated heterocycles. The quantitative estimate of drug-likeness (QED) is 0.828. The van der Waals surface area contributed by atoms with Crippen molar-refractivity contribution in [2.24, 2.45) is 0 Å². The topological polar surface area (TPSA) is 29.1 Å². The predicted octanol–water partition coefficient (Wildman–Crippen LogP) is 3.01. The summed E-state index contributed by atoms with van der Waals surface area (Å²) in [5.41, 5.74) is 1.10. The number of hydrogen-bond donors (Lipinski definition) is 1. The molecular weight excluding hydrogens is 245 g/mol. The molecular formula is C12H15Cl2NO. The van der Waals surface area contributed by atoms with Gasteiger partial charge in [0.1, 0.15) is 5.38 Å². The van der Waals surface area contributed by atoms with E-state index in [0.717, 1.165) is 12.0 Å². The van der Waals surface area contributed by atoms with Crippen molar-refractivity contribution in [2.75, 3.05) is 0 Å². The van der Waals surface area contributed by atoms with Crippen LogP contribution in [0.3, 0.4) is 0 Å². The highest BCUT2D eigenvalue weighted by Crippen LogP contribution is 2.12. The first kappa shape index (κ1) is 13.3. The Labute approximate surface area is 106 Å². The zero-order chi connectivity index (χ0) is 12.1. The molecule has 2 atom stereocenters. The van der Waals surface area contributed by atoms with E-state index in [9.17, 15) is 4.79 Å². The maximum absolute atomic E-state index is 11.3. The van der Waals surface area contributed by atoms with Crippen LogP contribution >= 0.6 is 23.2 Å². The molecule has 2 nitrogen and oxygen atoms in total. The van der Waals surface area contributed by atoms with E-state index in [1.54, 1.807) is 6.92 Å². The number of carbonyl (C=O) groups is 1. The summed E-state index contributed by atoms with van der Waals surface area (Å²) in [6, 6.07) is 7.66. The molecule has 1 amide bonds. The lowest BCUT2D eigenvalue weighted by Crippen LogP contribution is -2.38. The average Bonchev–Trinajstić information content (AvgIpc) is 2.16. The summed E-state index contributed by atoms with van der Waals surface area (Å²) < 4.78 is 0. The molecule has 0 spiro atoms. The first-order valence-electron chi connectivity index (χ1n) is 5.18. The van der Waals surface area contributed by atoms with Gasteiger partial charge in [-0.15, -0.1) is 11.6 Å². The third kappa shape index (κ3) is 4.42. The van der Waals surface area contributed by atoms with Gasteiger partial charge in [-0.05, 0) is 38.0 Å². The Hall–Kier alpha value is -0.730. The van der Waals surface area contributed by atoms with Gasteiger partial charge in [0.25, 0.3) is 0 Å². The SMILES string of the molecule is CC(Cc1cccc(Cl)c1)NC(=O)C(C)Cl. The Balaban J connectivity index is 2.51. The second-order valence-corrected chi connectivity index (χ2v) is 4.95. The summed E-state index contributed by atoms with van der Waals surface area (Å²) in [5, 5.41) is 3.04. The van der Waals surface area contributed by atoms with Crippen molar-refractivity contribution in [2.45, 2.75) is 31.7 Å². The van der Waals surface area contributed by atoms with Gasteiger partial charge in [0.15, 0.2) is 0 Å². The summed E-state index contributed by atoms with van der Waals surface area (Å²) in [6.45, 7) is 3.60. The van der Waals surface area contributed by atoms with Gasteiger partial charge >= 0.3 is 0 Å². The van der Waals surface area contributed by atoms with Crippen molar-refractivity contribution in [1.29, 1.82) is 0 Å². The van der Waals surface area contributed by atoms with Gasteiger partial charge in [0.05, 0.1) is 0 Å². The molecule has 4 heteroatoms. The van der Waals surface area contributed by atoms with Crippen LogP contribution in [0.25, 0.3) is 0 Å². The highest BCUT2D eigenvalue weighted by Gasteiger charge is 2.12. The van der Waals surface area contributed by atoms with E-state index in [0.29, 0.717) is 5.02 Å². The van der Waals surface area contributed by atoms with Crippen molar-refractivity contribution in [3.63, 3.8) is 0 Å². The molecule has 1 aromatic rings. The molecule has 1 N–H and O–H groups in total. The highest BCUT2D eigenvalue weighted by molar-refractivity contribution is 6.30. The third-order valence-corrected chi connectivity index (χ3v) is 2.61. The minimum absolute atomic E-state index is 0.0483. The van der Waals surface area contributed by atoms with E-state index in [-0.39, 0.29) is 11.9 Å². The number of rotatable bonds is 4. The Morgan fingerprint density at radius 1 is 1.44 bits per heavy atom. The van der Waals surface area contributed by atoms with E-state index in [2.05, 4.69) is 5.32 Å². The molecule has 0 saturated carbocycles. The van der Waals surface area contributed by atoms with Crippen LogP contribution < -0.4 is 5.32 Å². The van der Waals surface area contributed by atoms with E-state index in [1.807, 2.05) is 31.2 Å². The van der Waals surface area contributed by atoms with Gasteiger partial charge in [-0.3, -0.25) is 4.79 Å². The summed E-state index contributed by atoms with van der Waals surface area (Å²) in [7, 11) is 0. The molecule has 2 unspecified atom stereocenters. The fourth-order valence-electron chi connectivity index (χ4n) is 1.43. The number of carbonyl (C=O) groups excluding carboxylic acids is 1. The van der Waals surface area contributed by atoms with Crippen molar-refractivity contribution >= 4 is 29.1 Å². The second-order valence-electron chi connectivity index (χ2n) is 3.86. The Morgan fingerprint density at radius 3 is 2.69 bits per heavy atom. The summed E-state index contributed by atoms with van der Waals surface area (Å²) in [6.07, 6.45) is 0.746. The third-order valence-electron chi connectivity index (χ3n) is 2.18. The van der Waals surface area contributed by atoms with Crippen LogP contribution in [0.1, 0.15) is 19.4 Å². The molecule has 1 rings (SSSR count). The first-order chi connectivity index (χ1) is 7.49. The average molecular weight is 260 g/mol. The lowest BCUT2D eigenvalue weighted by molar-refractivity contribution is -0.121. The van der Waals surface area contributed by atoms with Crippen LogP contribution in [0.15, 0.2) is 24.3 Å². The minimum atomic E-state index is -0.498. The van der Waals surface area contributed by atoms with Crippen molar-refractivity contribution in [3.05, 3.63) is 34.9 Å². The lowest BCUT2D eigenvalue weighted by atomic mass is 10.1. The summed E-state index contributed by atoms with van der Waals surface area (Å²) >= 11 is 11.5. The summed E-state index contributed by atoms with van der Waals surface area (Å²) in [4.78, 5) is 11.3. The normalized spacial score (nSPS) is 14.2. The number of nitrogens with one attached hydrogen (secondary N) is 1. The maximum Gasteiger partial charge on any atom is 0.237 e. The molecule has 0 heterocycles. The number of benzene rings is 1. The highest BCUT2D eigenvalue weighted by atomic mass is 35.5. The van der Waals surface area contributed by atoms with Crippen LogP contribution in [0.4, 0.5) is 0 Å². The lowest BCUT2D eigenvalue weighted by Gasteiger charge is -2.15. The van der Waals surface area contributed by atoms with E-state index in [4.69, 9.17) is 23.2 Å². The Morgan fingerprint density at radius 2 is 2.12 bits per heavy atom. The molecule has 0 radical (unpaired) electrons. The number of halogens is 2. The van der Waals surface area contributed by atoms with Gasteiger partial charge in [0.2, 0.25) is 5.91 Å². The van der Waals surface area contributed by atoms with Gasteiger partial charge in [0, 0.05) is 11.1 Å². The fraction of sp³-hybridized carbons (Fsp3) is 0.417. The Kier molecular flexibility index (Phi) is 5.10. The fourth-order valence-corrected chi connectivity index (χ4v) is 1.70. The molecule has 0 aromatic heterocycles. The van der Waals surface area contributed by atoms with Crippen LogP contribution in [0.2, 0.25) is 5.02 Å². The zero-order valence-corrected chi connectivity index (χ0v) is 10.8. The monoisotopic (exact) mass is 259 g/mol. The number of amides is 1. The smallest absolute Gasteiger partial charge is 0.237 e. The van der Waals surface area contributed by atoms with E-state index >= 15 is 0 Å². The largest absolute Gasteiger partial charge is 0.352 e. The maximum atomic E-state index is 11.3. The molecule has 16 heavy (non-hydrogen) atoms. The predicted molar refractivity (Wildman–Crippen MR) is 68.1 cm³/mol. The van der Waals surface area contributed by atoms with E-state index < -0.39 is 5.38 Å². The van der Waals surface area contributed by atoms with Crippen LogP contribution in [-0.4, -0.2) is 17.3 Å². The van der Waals surface area contributed by atoms with Gasteiger partial charge < -0.3 is 5.32 Å². The molecule has 0 aliphatic rings. The van der Waals surface area contributed by atoms with Gasteiger partial charge in [-0.25, -0.2) is 0 Å². The molecule has 88 valence electrons. The minimum Gasteiger partial charge on any atom is -0.352 e. The standard InChI is InChI=1S/C12H15Cl2NO/c1-8(15-12(16)9(2)13)6-10-4-3-5-11(14)7-10/h3-5,7-9H,6H2,1-2H3,(H,15,16). The molecule has 0 aliphatic carbocycles. The van der Waals surface area contributed by atoms with Crippen LogP contribution in [0.5, 0.6) is 0 Å². The van der Waals surface area contributed by atoms with Crippen LogP contribution in [0, 0.1) is 0 Å². The van der Waals surface area contributed by atoms with Crippen molar-refractivity contribution in [1.82, 2.24) is 5.32 Å². The van der Waals surface area contributed by atoms with Gasteiger partial charge in [-0.2, -0.15) is 0 Å². The zero-order valence-electron chi connectivity index (χ0n) is 9.34. The van der Waals surface area contributed by atoms with Crippen molar-refractivity contribution < 1.29 is 4.79 Å². The number of hydrogen-bond acceptors (Lipinski definition) is 1. The van der Waals surface area contributed by atoms with Crippen LogP contribution in [-0.2, 0) is 11.2 Å². The molecule has 1 aromatic carbocycles. The summed E-state index contributed by atoms with van der Waals surface area (Å²) in [5.74, 6) is -0.142. The first-order valence-corrected chi connectivity index (χ1v) is 5.99. The molecule has 0 aliphatic heterocycles. The van der Waals surface area contributed by atoms with Crippen molar-refractivity contribution in [3.8, 4) is 0 Å². The van der Waals surface area contributed by atoms with E-state index in [1.165, 1.54) is 0 Å². The van der Waals surface area contributed by atoms with Gasteiger partial charge in [-0.1, -0.05) is 23.7 Å². The second kappa shape index (κ2) is 6.12.